The average Bonchev–Trinajstić information content (AvgIpc) is 2.93. The van der Waals surface area contributed by atoms with E-state index in [0.717, 1.165) is 42.0 Å². The summed E-state index contributed by atoms with van der Waals surface area (Å²) < 4.78 is 11.2. The first-order chi connectivity index (χ1) is 18.8. The van der Waals surface area contributed by atoms with Crippen molar-refractivity contribution < 1.29 is 19.1 Å². The summed E-state index contributed by atoms with van der Waals surface area (Å²) >= 11 is 0. The number of fused-ring (bicyclic) bond motifs is 1. The molecule has 0 bridgehead atoms. The van der Waals surface area contributed by atoms with Crippen molar-refractivity contribution in [3.05, 3.63) is 95.1 Å². The number of hydrogen-bond acceptors (Lipinski definition) is 5. The van der Waals surface area contributed by atoms with Crippen molar-refractivity contribution in [1.82, 2.24) is 5.32 Å². The lowest BCUT2D eigenvalue weighted by Gasteiger charge is -2.35. The van der Waals surface area contributed by atoms with Crippen LogP contribution in [-0.2, 0) is 6.42 Å². The topological polar surface area (TPSA) is 76.7 Å². The van der Waals surface area contributed by atoms with Gasteiger partial charge >= 0.3 is 0 Å². The van der Waals surface area contributed by atoms with Gasteiger partial charge in [-0.3, -0.25) is 9.59 Å². The van der Waals surface area contributed by atoms with Crippen molar-refractivity contribution in [2.24, 2.45) is 0 Å². The van der Waals surface area contributed by atoms with E-state index in [2.05, 4.69) is 37.5 Å². The molecule has 1 amide bonds. The molecule has 6 heteroatoms. The standard InChI is InChI=1S/C33H38N2O4/c1-5-6-7-8-19-39-27-16-11-24(12-17-27)32(37)34-26-14-9-23(10-15-26)31(36)21-30-29-20-28(38-4)18-13-25(29)22-33(2,3)35-30/h9-18,20-21,35H,5-8,19,22H2,1-4H3,(H,34,37). The van der Waals surface area contributed by atoms with E-state index in [4.69, 9.17) is 9.47 Å². The zero-order valence-corrected chi connectivity index (χ0v) is 23.3. The normalized spacial score (nSPS) is 14.7. The Hall–Kier alpha value is -4.06. The van der Waals surface area contributed by atoms with Crippen LogP contribution in [0.5, 0.6) is 11.5 Å². The molecular weight excluding hydrogens is 488 g/mol. The second kappa shape index (κ2) is 12.7. The first kappa shape index (κ1) is 28.0. The molecule has 4 rings (SSSR count). The van der Waals surface area contributed by atoms with Gasteiger partial charge in [-0.1, -0.05) is 32.3 Å². The quantitative estimate of drug-likeness (QED) is 0.159. The molecular formula is C33H38N2O4. The second-order valence-corrected chi connectivity index (χ2v) is 10.6. The summed E-state index contributed by atoms with van der Waals surface area (Å²) in [7, 11) is 1.64. The number of hydrogen-bond donors (Lipinski definition) is 2. The van der Waals surface area contributed by atoms with Gasteiger partial charge in [0, 0.05) is 39.7 Å². The molecule has 1 aliphatic heterocycles. The van der Waals surface area contributed by atoms with E-state index in [1.165, 1.54) is 18.4 Å². The molecule has 0 saturated carbocycles. The van der Waals surface area contributed by atoms with Gasteiger partial charge in [0.05, 0.1) is 13.7 Å². The Morgan fingerprint density at radius 3 is 2.31 bits per heavy atom. The minimum Gasteiger partial charge on any atom is -0.497 e. The highest BCUT2D eigenvalue weighted by Gasteiger charge is 2.28. The van der Waals surface area contributed by atoms with E-state index in [0.29, 0.717) is 23.4 Å². The summed E-state index contributed by atoms with van der Waals surface area (Å²) in [5.41, 5.74) is 4.43. The van der Waals surface area contributed by atoms with Crippen molar-refractivity contribution in [1.29, 1.82) is 0 Å². The van der Waals surface area contributed by atoms with Crippen LogP contribution in [0.2, 0.25) is 0 Å². The van der Waals surface area contributed by atoms with Gasteiger partial charge in [-0.25, -0.2) is 0 Å². The van der Waals surface area contributed by atoms with Crippen LogP contribution < -0.4 is 20.1 Å². The van der Waals surface area contributed by atoms with E-state index in [-0.39, 0.29) is 17.2 Å². The molecule has 0 unspecified atom stereocenters. The zero-order valence-electron chi connectivity index (χ0n) is 23.3. The fourth-order valence-corrected chi connectivity index (χ4v) is 4.71. The predicted molar refractivity (Wildman–Crippen MR) is 157 cm³/mol. The highest BCUT2D eigenvalue weighted by Crippen LogP contribution is 2.32. The highest BCUT2D eigenvalue weighted by molar-refractivity contribution is 6.09. The van der Waals surface area contributed by atoms with Crippen LogP contribution in [-0.4, -0.2) is 30.9 Å². The van der Waals surface area contributed by atoms with Crippen molar-refractivity contribution in [2.45, 2.75) is 58.4 Å². The molecule has 2 N–H and O–H groups in total. The molecule has 0 saturated heterocycles. The number of benzene rings is 3. The minimum atomic E-state index is -0.218. The number of unbranched alkanes of at least 4 members (excludes halogenated alkanes) is 3. The molecule has 3 aromatic carbocycles. The Bertz CT molecular complexity index is 1320. The van der Waals surface area contributed by atoms with Crippen LogP contribution in [0, 0.1) is 0 Å². The lowest BCUT2D eigenvalue weighted by molar-refractivity contribution is 0.102. The van der Waals surface area contributed by atoms with Gasteiger partial charge in [0.2, 0.25) is 0 Å². The largest absolute Gasteiger partial charge is 0.497 e. The fourth-order valence-electron chi connectivity index (χ4n) is 4.71. The molecule has 204 valence electrons. The third-order valence-electron chi connectivity index (χ3n) is 6.80. The summed E-state index contributed by atoms with van der Waals surface area (Å²) in [5, 5.41) is 6.39. The molecule has 0 atom stereocenters. The molecule has 0 aromatic heterocycles. The molecule has 0 aliphatic carbocycles. The molecule has 1 aliphatic rings. The highest BCUT2D eigenvalue weighted by atomic mass is 16.5. The van der Waals surface area contributed by atoms with E-state index < -0.39 is 0 Å². The number of methoxy groups -OCH3 is 1. The SMILES string of the molecule is CCCCCCOc1ccc(C(=O)Nc2ccc(C(=O)C=C3NC(C)(C)Cc4ccc(OC)cc43)cc2)cc1. The fraction of sp³-hybridized carbons (Fsp3) is 0.333. The Labute approximate surface area is 231 Å². The van der Waals surface area contributed by atoms with Crippen LogP contribution in [0.25, 0.3) is 5.70 Å². The van der Waals surface area contributed by atoms with E-state index >= 15 is 0 Å². The van der Waals surface area contributed by atoms with E-state index in [1.807, 2.05) is 24.3 Å². The molecule has 0 fully saturated rings. The molecule has 3 aromatic rings. The summed E-state index contributed by atoms with van der Waals surface area (Å²) in [6.07, 6.45) is 7.09. The first-order valence-electron chi connectivity index (χ1n) is 13.6. The number of amides is 1. The summed E-state index contributed by atoms with van der Waals surface area (Å²) in [6.45, 7) is 7.10. The van der Waals surface area contributed by atoms with Crippen molar-refractivity contribution >= 4 is 23.1 Å². The minimum absolute atomic E-state index is 0.118. The van der Waals surface area contributed by atoms with Crippen LogP contribution in [0.15, 0.2) is 72.8 Å². The van der Waals surface area contributed by atoms with Crippen LogP contribution in [0.3, 0.4) is 0 Å². The van der Waals surface area contributed by atoms with Gasteiger partial charge in [0.15, 0.2) is 5.78 Å². The maximum atomic E-state index is 13.2. The number of ether oxygens (including phenoxy) is 2. The predicted octanol–water partition coefficient (Wildman–Crippen LogP) is 7.05. The Balaban J connectivity index is 1.39. The Morgan fingerprint density at radius 1 is 0.923 bits per heavy atom. The van der Waals surface area contributed by atoms with Crippen molar-refractivity contribution in [3.8, 4) is 11.5 Å². The molecule has 39 heavy (non-hydrogen) atoms. The van der Waals surface area contributed by atoms with Gasteiger partial charge in [-0.15, -0.1) is 0 Å². The van der Waals surface area contributed by atoms with Gasteiger partial charge < -0.3 is 20.1 Å². The molecule has 6 nitrogen and oxygen atoms in total. The summed E-state index contributed by atoms with van der Waals surface area (Å²) in [5.74, 6) is 1.17. The van der Waals surface area contributed by atoms with Crippen LogP contribution in [0.1, 0.15) is 78.3 Å². The number of carbonyl (C=O) groups excluding carboxylic acids is 2. The lowest BCUT2D eigenvalue weighted by Crippen LogP contribution is -2.43. The van der Waals surface area contributed by atoms with Crippen molar-refractivity contribution in [3.63, 3.8) is 0 Å². The van der Waals surface area contributed by atoms with Gasteiger partial charge in [0.25, 0.3) is 5.91 Å². The third-order valence-corrected chi connectivity index (χ3v) is 6.80. The smallest absolute Gasteiger partial charge is 0.255 e. The van der Waals surface area contributed by atoms with E-state index in [9.17, 15) is 9.59 Å². The van der Waals surface area contributed by atoms with Crippen LogP contribution >= 0.6 is 0 Å². The first-order valence-corrected chi connectivity index (χ1v) is 13.6. The number of rotatable bonds is 11. The number of anilines is 1. The van der Waals surface area contributed by atoms with Crippen LogP contribution in [0.4, 0.5) is 5.69 Å². The Kier molecular flexibility index (Phi) is 9.07. The average molecular weight is 527 g/mol. The van der Waals surface area contributed by atoms with Gasteiger partial charge in [-0.05, 0) is 92.9 Å². The van der Waals surface area contributed by atoms with Gasteiger partial charge in [-0.2, -0.15) is 0 Å². The molecule has 0 radical (unpaired) electrons. The summed E-state index contributed by atoms with van der Waals surface area (Å²) in [4.78, 5) is 25.9. The van der Waals surface area contributed by atoms with E-state index in [1.54, 1.807) is 49.6 Å². The summed E-state index contributed by atoms with van der Waals surface area (Å²) in [6, 6.07) is 20.1. The maximum absolute atomic E-state index is 13.2. The second-order valence-electron chi connectivity index (χ2n) is 10.6. The monoisotopic (exact) mass is 526 g/mol. The number of ketones is 1. The Morgan fingerprint density at radius 2 is 1.62 bits per heavy atom. The molecule has 0 spiro atoms. The maximum Gasteiger partial charge on any atom is 0.255 e. The van der Waals surface area contributed by atoms with Crippen molar-refractivity contribution in [2.75, 3.05) is 19.0 Å². The number of allylic oxidation sites excluding steroid dienone is 1. The third kappa shape index (κ3) is 7.50. The van der Waals surface area contributed by atoms with Gasteiger partial charge in [0.1, 0.15) is 11.5 Å². The number of carbonyl (C=O) groups is 2. The molecule has 1 heterocycles. The zero-order chi connectivity index (χ0) is 27.8. The number of nitrogens with one attached hydrogen (secondary N) is 2. The lowest BCUT2D eigenvalue weighted by atomic mass is 9.85.